The number of halogens is 1. The normalized spacial score (nSPS) is 11.5. The van der Waals surface area contributed by atoms with Gasteiger partial charge < -0.3 is 4.42 Å². The molecule has 0 aliphatic carbocycles. The van der Waals surface area contributed by atoms with Gasteiger partial charge in [-0.2, -0.15) is 9.78 Å². The van der Waals surface area contributed by atoms with E-state index in [0.29, 0.717) is 27.8 Å². The Morgan fingerprint density at radius 3 is 2.62 bits per heavy atom. The first-order valence-electron chi connectivity index (χ1n) is 9.50. The molecular formula is C23H13ClN4O4. The lowest BCUT2D eigenvalue weighted by Crippen LogP contribution is -2.20. The van der Waals surface area contributed by atoms with Crippen molar-refractivity contribution >= 4 is 45.4 Å². The second kappa shape index (κ2) is 7.75. The lowest BCUT2D eigenvalue weighted by Gasteiger charge is -2.07. The zero-order valence-electron chi connectivity index (χ0n) is 16.3. The minimum Gasteiger partial charge on any atom is -0.453 e. The Balaban J connectivity index is 1.70. The number of para-hydroxylation sites is 2. The molecule has 0 atom stereocenters. The second-order valence-electron chi connectivity index (χ2n) is 6.93. The molecule has 0 spiro atoms. The lowest BCUT2D eigenvalue weighted by atomic mass is 10.2. The third kappa shape index (κ3) is 3.42. The number of aromatic nitrogens is 2. The highest BCUT2D eigenvalue weighted by Gasteiger charge is 2.16. The van der Waals surface area contributed by atoms with Gasteiger partial charge in [0, 0.05) is 23.1 Å². The van der Waals surface area contributed by atoms with Crippen LogP contribution in [0.3, 0.4) is 0 Å². The summed E-state index contributed by atoms with van der Waals surface area (Å²) >= 11 is 6.17. The molecule has 0 fully saturated rings. The first kappa shape index (κ1) is 19.7. The van der Waals surface area contributed by atoms with Gasteiger partial charge in [-0.05, 0) is 30.3 Å². The van der Waals surface area contributed by atoms with E-state index >= 15 is 0 Å². The van der Waals surface area contributed by atoms with Crippen LogP contribution in [-0.4, -0.2) is 20.8 Å². The average molecular weight is 445 g/mol. The summed E-state index contributed by atoms with van der Waals surface area (Å²) in [6.07, 6.45) is 1.36. The van der Waals surface area contributed by atoms with Crippen molar-refractivity contribution in [2.24, 2.45) is 5.10 Å². The van der Waals surface area contributed by atoms with Gasteiger partial charge in [0.2, 0.25) is 5.82 Å². The minimum absolute atomic E-state index is 0.134. The van der Waals surface area contributed by atoms with Gasteiger partial charge in [0.05, 0.1) is 27.1 Å². The Morgan fingerprint density at radius 1 is 1.06 bits per heavy atom. The highest BCUT2D eigenvalue weighted by atomic mass is 35.5. The van der Waals surface area contributed by atoms with Crippen molar-refractivity contribution in [2.45, 2.75) is 0 Å². The van der Waals surface area contributed by atoms with Gasteiger partial charge in [0.1, 0.15) is 5.58 Å². The van der Waals surface area contributed by atoms with Gasteiger partial charge in [-0.15, -0.1) is 0 Å². The van der Waals surface area contributed by atoms with Gasteiger partial charge >= 0.3 is 0 Å². The smallest absolute Gasteiger partial charge is 0.282 e. The van der Waals surface area contributed by atoms with Crippen LogP contribution in [0.15, 0.2) is 87.1 Å². The Bertz CT molecular complexity index is 1570. The van der Waals surface area contributed by atoms with E-state index in [1.54, 1.807) is 30.3 Å². The number of rotatable bonds is 4. The molecule has 0 aliphatic heterocycles. The largest absolute Gasteiger partial charge is 0.453 e. The summed E-state index contributed by atoms with van der Waals surface area (Å²) in [5.74, 6) is 0.597. The number of nitro benzene ring substituents is 1. The number of hydrogen-bond acceptors (Lipinski definition) is 6. The van der Waals surface area contributed by atoms with Crippen molar-refractivity contribution in [2.75, 3.05) is 0 Å². The quantitative estimate of drug-likeness (QED) is 0.214. The Kier molecular flexibility index (Phi) is 4.76. The molecule has 0 unspecified atom stereocenters. The van der Waals surface area contributed by atoms with Crippen LogP contribution in [0.25, 0.3) is 33.5 Å². The fourth-order valence-corrected chi connectivity index (χ4v) is 3.56. The molecule has 156 valence electrons. The zero-order valence-corrected chi connectivity index (χ0v) is 17.1. The average Bonchev–Trinajstić information content (AvgIpc) is 3.23. The standard InChI is InChI=1S/C23H13ClN4O4/c24-18-12-16(28(30)31)10-9-15(18)13-25-27-22(21-11-14-5-1-4-8-20(14)32-21)26-19-7-3-2-6-17(19)23(27)29/h1-13H. The number of fused-ring (bicyclic) bond motifs is 2. The molecule has 0 amide bonds. The van der Waals surface area contributed by atoms with E-state index in [-0.39, 0.29) is 22.1 Å². The molecule has 0 saturated heterocycles. The summed E-state index contributed by atoms with van der Waals surface area (Å²) in [5, 5.41) is 16.6. The molecule has 8 nitrogen and oxygen atoms in total. The monoisotopic (exact) mass is 444 g/mol. The highest BCUT2D eigenvalue weighted by molar-refractivity contribution is 6.33. The molecule has 5 aromatic rings. The van der Waals surface area contributed by atoms with Gasteiger partial charge in [0.25, 0.3) is 11.2 Å². The number of furan rings is 1. The third-order valence-electron chi connectivity index (χ3n) is 4.91. The predicted octanol–water partition coefficient (Wildman–Crippen LogP) is 5.25. The molecular weight excluding hydrogens is 432 g/mol. The zero-order chi connectivity index (χ0) is 22.2. The van der Waals surface area contributed by atoms with E-state index in [0.717, 1.165) is 10.1 Å². The van der Waals surface area contributed by atoms with Crippen LogP contribution in [0.4, 0.5) is 5.69 Å². The number of nitro groups is 1. The van der Waals surface area contributed by atoms with Crippen LogP contribution < -0.4 is 5.56 Å². The number of nitrogens with zero attached hydrogens (tertiary/aromatic N) is 4. The Morgan fingerprint density at radius 2 is 1.84 bits per heavy atom. The van der Waals surface area contributed by atoms with E-state index in [1.807, 2.05) is 24.3 Å². The van der Waals surface area contributed by atoms with Crippen molar-refractivity contribution < 1.29 is 9.34 Å². The molecule has 0 aliphatic rings. The predicted molar refractivity (Wildman–Crippen MR) is 122 cm³/mol. The van der Waals surface area contributed by atoms with E-state index < -0.39 is 4.92 Å². The minimum atomic E-state index is -0.537. The van der Waals surface area contributed by atoms with Crippen molar-refractivity contribution in [3.63, 3.8) is 0 Å². The molecule has 5 rings (SSSR count). The van der Waals surface area contributed by atoms with Crippen LogP contribution in [0.1, 0.15) is 5.56 Å². The van der Waals surface area contributed by atoms with Crippen LogP contribution in [0, 0.1) is 10.1 Å². The lowest BCUT2D eigenvalue weighted by molar-refractivity contribution is -0.384. The second-order valence-corrected chi connectivity index (χ2v) is 7.33. The first-order chi connectivity index (χ1) is 15.5. The molecule has 3 aromatic carbocycles. The van der Waals surface area contributed by atoms with E-state index in [9.17, 15) is 14.9 Å². The first-order valence-corrected chi connectivity index (χ1v) is 9.88. The molecule has 9 heteroatoms. The summed E-state index contributed by atoms with van der Waals surface area (Å²) in [6.45, 7) is 0. The fourth-order valence-electron chi connectivity index (χ4n) is 3.34. The number of non-ortho nitro benzene ring substituents is 1. The van der Waals surface area contributed by atoms with Crippen molar-refractivity contribution in [1.82, 2.24) is 9.66 Å². The van der Waals surface area contributed by atoms with E-state index in [1.165, 1.54) is 24.4 Å². The summed E-state index contributed by atoms with van der Waals surface area (Å²) in [4.78, 5) is 28.2. The maximum atomic E-state index is 13.2. The molecule has 0 bridgehead atoms. The van der Waals surface area contributed by atoms with Crippen LogP contribution in [0.5, 0.6) is 0 Å². The molecule has 2 heterocycles. The molecule has 2 aromatic heterocycles. The molecule has 0 radical (unpaired) electrons. The fraction of sp³-hybridized carbons (Fsp3) is 0. The van der Waals surface area contributed by atoms with Gasteiger partial charge in [-0.25, -0.2) is 4.98 Å². The molecule has 0 saturated carbocycles. The van der Waals surface area contributed by atoms with Crippen LogP contribution >= 0.6 is 11.6 Å². The summed E-state index contributed by atoms with van der Waals surface area (Å²) in [7, 11) is 0. The number of hydrogen-bond donors (Lipinski definition) is 0. The third-order valence-corrected chi connectivity index (χ3v) is 5.23. The van der Waals surface area contributed by atoms with Crippen molar-refractivity contribution in [3.8, 4) is 11.6 Å². The molecule has 0 N–H and O–H groups in total. The van der Waals surface area contributed by atoms with Gasteiger partial charge in [-0.3, -0.25) is 14.9 Å². The highest BCUT2D eigenvalue weighted by Crippen LogP contribution is 2.27. The van der Waals surface area contributed by atoms with E-state index in [2.05, 4.69) is 10.1 Å². The van der Waals surface area contributed by atoms with Crippen LogP contribution in [0.2, 0.25) is 5.02 Å². The summed E-state index contributed by atoms with van der Waals surface area (Å²) < 4.78 is 7.06. The van der Waals surface area contributed by atoms with Gasteiger partial charge in [-0.1, -0.05) is 41.9 Å². The van der Waals surface area contributed by atoms with E-state index in [4.69, 9.17) is 16.0 Å². The molecule has 32 heavy (non-hydrogen) atoms. The van der Waals surface area contributed by atoms with Crippen molar-refractivity contribution in [1.29, 1.82) is 0 Å². The Hall–Kier alpha value is -4.30. The van der Waals surface area contributed by atoms with Gasteiger partial charge in [0.15, 0.2) is 5.76 Å². The Labute approximate surface area is 185 Å². The maximum Gasteiger partial charge on any atom is 0.282 e. The van der Waals surface area contributed by atoms with Crippen molar-refractivity contribution in [3.05, 3.63) is 104 Å². The van der Waals surface area contributed by atoms with Crippen LogP contribution in [-0.2, 0) is 0 Å². The summed E-state index contributed by atoms with van der Waals surface area (Å²) in [5.41, 5.74) is 1.04. The SMILES string of the molecule is O=c1c2ccccc2nc(-c2cc3ccccc3o2)n1N=Cc1ccc([N+](=O)[O-])cc1Cl. The maximum absolute atomic E-state index is 13.2. The number of benzene rings is 3. The summed E-state index contributed by atoms with van der Waals surface area (Å²) in [6, 6.07) is 20.2. The topological polar surface area (TPSA) is 104 Å².